The Morgan fingerprint density at radius 2 is 2.00 bits per heavy atom. The predicted molar refractivity (Wildman–Crippen MR) is 89.3 cm³/mol. The van der Waals surface area contributed by atoms with E-state index in [-0.39, 0.29) is 18.1 Å². The number of phenolic OH excluding ortho intramolecular Hbond substituents is 1. The van der Waals surface area contributed by atoms with Crippen LogP contribution in [0.25, 0.3) is 0 Å². The summed E-state index contributed by atoms with van der Waals surface area (Å²) in [5.41, 5.74) is 2.41. The zero-order chi connectivity index (χ0) is 16.1. The Bertz CT molecular complexity index is 680. The Kier molecular flexibility index (Phi) is 4.93. The van der Waals surface area contributed by atoms with Crippen molar-refractivity contribution in [2.24, 2.45) is 5.92 Å². The number of aromatic hydroxyl groups is 1. The number of ether oxygens (including phenoxy) is 1. The third kappa shape index (κ3) is 4.83. The summed E-state index contributed by atoms with van der Waals surface area (Å²) in [6.07, 6.45) is 2.71. The third-order valence-corrected chi connectivity index (χ3v) is 3.87. The Balaban J connectivity index is 1.54. The number of hydrogen-bond donors (Lipinski definition) is 2. The van der Waals surface area contributed by atoms with E-state index in [1.54, 1.807) is 24.3 Å². The molecule has 1 aliphatic carbocycles. The summed E-state index contributed by atoms with van der Waals surface area (Å²) in [6.45, 7) is 1.39. The van der Waals surface area contributed by atoms with E-state index in [2.05, 4.69) is 5.32 Å². The van der Waals surface area contributed by atoms with Crippen LogP contribution in [0.15, 0.2) is 48.5 Å². The Morgan fingerprint density at radius 3 is 2.78 bits per heavy atom. The minimum absolute atomic E-state index is 0.143. The van der Waals surface area contributed by atoms with Crippen molar-refractivity contribution < 1.29 is 14.6 Å². The molecule has 0 radical (unpaired) electrons. The second-order valence-electron chi connectivity index (χ2n) is 6.01. The van der Waals surface area contributed by atoms with E-state index in [0.29, 0.717) is 12.2 Å². The van der Waals surface area contributed by atoms with Gasteiger partial charge >= 0.3 is 0 Å². The number of amides is 1. The maximum atomic E-state index is 12.1. The van der Waals surface area contributed by atoms with E-state index in [1.807, 2.05) is 24.3 Å². The van der Waals surface area contributed by atoms with Crippen LogP contribution in [0, 0.1) is 5.92 Å². The van der Waals surface area contributed by atoms with E-state index in [4.69, 9.17) is 4.74 Å². The first-order valence-electron chi connectivity index (χ1n) is 7.94. The molecular formula is C19H21NO3. The molecule has 0 atom stereocenters. The SMILES string of the molecule is O=C(Cc1ccccc1O)Nc1cccc(COCC2CC2)c1. The first-order chi connectivity index (χ1) is 11.2. The van der Waals surface area contributed by atoms with Crippen LogP contribution < -0.4 is 5.32 Å². The van der Waals surface area contributed by atoms with Gasteiger partial charge in [-0.15, -0.1) is 0 Å². The molecule has 120 valence electrons. The fourth-order valence-electron chi connectivity index (χ4n) is 2.41. The third-order valence-electron chi connectivity index (χ3n) is 3.87. The molecule has 0 heterocycles. The highest BCUT2D eigenvalue weighted by Crippen LogP contribution is 2.29. The number of nitrogens with one attached hydrogen (secondary N) is 1. The minimum Gasteiger partial charge on any atom is -0.508 e. The van der Waals surface area contributed by atoms with Gasteiger partial charge in [0.25, 0.3) is 0 Å². The molecule has 0 unspecified atom stereocenters. The predicted octanol–water partition coefficient (Wildman–Crippen LogP) is 3.50. The van der Waals surface area contributed by atoms with E-state index in [9.17, 15) is 9.90 Å². The van der Waals surface area contributed by atoms with Gasteiger partial charge < -0.3 is 15.2 Å². The molecule has 23 heavy (non-hydrogen) atoms. The van der Waals surface area contributed by atoms with Crippen molar-refractivity contribution in [3.63, 3.8) is 0 Å². The largest absolute Gasteiger partial charge is 0.508 e. The minimum atomic E-state index is -0.150. The second kappa shape index (κ2) is 7.29. The first kappa shape index (κ1) is 15.6. The molecule has 0 spiro atoms. The number of hydrogen-bond acceptors (Lipinski definition) is 3. The standard InChI is InChI=1S/C19H21NO3/c21-18-7-2-1-5-16(18)11-19(22)20-17-6-3-4-15(10-17)13-23-12-14-8-9-14/h1-7,10,14,21H,8-9,11-13H2,(H,20,22). The van der Waals surface area contributed by atoms with Crippen LogP contribution in [0.3, 0.4) is 0 Å². The quantitative estimate of drug-likeness (QED) is 0.823. The van der Waals surface area contributed by atoms with E-state index < -0.39 is 0 Å². The summed E-state index contributed by atoms with van der Waals surface area (Å²) >= 11 is 0. The van der Waals surface area contributed by atoms with Crippen molar-refractivity contribution in [2.75, 3.05) is 11.9 Å². The molecule has 0 bridgehead atoms. The molecule has 3 rings (SSSR count). The van der Waals surface area contributed by atoms with Crippen molar-refractivity contribution in [2.45, 2.75) is 25.9 Å². The van der Waals surface area contributed by atoms with Gasteiger partial charge in [-0.2, -0.15) is 0 Å². The van der Waals surface area contributed by atoms with E-state index >= 15 is 0 Å². The summed E-state index contributed by atoms with van der Waals surface area (Å²) in [4.78, 5) is 12.1. The molecular weight excluding hydrogens is 290 g/mol. The van der Waals surface area contributed by atoms with Crippen LogP contribution in [0.1, 0.15) is 24.0 Å². The van der Waals surface area contributed by atoms with Gasteiger partial charge in [-0.05, 0) is 42.5 Å². The number of rotatable bonds is 7. The Morgan fingerprint density at radius 1 is 1.17 bits per heavy atom. The molecule has 1 amide bonds. The maximum absolute atomic E-state index is 12.1. The van der Waals surface area contributed by atoms with Gasteiger partial charge in [-0.25, -0.2) is 0 Å². The lowest BCUT2D eigenvalue weighted by Gasteiger charge is -2.09. The van der Waals surface area contributed by atoms with Gasteiger partial charge in [-0.1, -0.05) is 30.3 Å². The average Bonchev–Trinajstić information content (AvgIpc) is 3.34. The highest BCUT2D eigenvalue weighted by molar-refractivity contribution is 5.92. The van der Waals surface area contributed by atoms with Crippen LogP contribution >= 0.6 is 0 Å². The molecule has 0 aliphatic heterocycles. The van der Waals surface area contributed by atoms with E-state index in [1.165, 1.54) is 12.8 Å². The fraction of sp³-hybridized carbons (Fsp3) is 0.316. The first-order valence-corrected chi connectivity index (χ1v) is 7.94. The van der Waals surface area contributed by atoms with Crippen LogP contribution in [0.4, 0.5) is 5.69 Å². The van der Waals surface area contributed by atoms with Gasteiger partial charge in [0.15, 0.2) is 0 Å². The number of carbonyl (C=O) groups excluding carboxylic acids is 1. The highest BCUT2D eigenvalue weighted by Gasteiger charge is 2.21. The van der Waals surface area contributed by atoms with Gasteiger partial charge in [0, 0.05) is 17.9 Å². The number of anilines is 1. The van der Waals surface area contributed by atoms with Gasteiger partial charge in [0.1, 0.15) is 5.75 Å². The van der Waals surface area contributed by atoms with Crippen LogP contribution in [-0.4, -0.2) is 17.6 Å². The molecule has 4 nitrogen and oxygen atoms in total. The van der Waals surface area contributed by atoms with Crippen molar-refractivity contribution >= 4 is 11.6 Å². The Labute approximate surface area is 136 Å². The molecule has 0 aromatic heterocycles. The van der Waals surface area contributed by atoms with Gasteiger partial charge in [0.05, 0.1) is 13.0 Å². The topological polar surface area (TPSA) is 58.6 Å². The van der Waals surface area contributed by atoms with Crippen LogP contribution in [-0.2, 0) is 22.6 Å². The zero-order valence-electron chi connectivity index (χ0n) is 13.0. The lowest BCUT2D eigenvalue weighted by atomic mass is 10.1. The van der Waals surface area contributed by atoms with Crippen LogP contribution in [0.5, 0.6) is 5.75 Å². The van der Waals surface area contributed by atoms with Crippen LogP contribution in [0.2, 0.25) is 0 Å². The van der Waals surface area contributed by atoms with E-state index in [0.717, 1.165) is 23.8 Å². The molecule has 1 saturated carbocycles. The summed E-state index contributed by atoms with van der Waals surface area (Å²) in [5.74, 6) is 0.740. The van der Waals surface area contributed by atoms with Crippen molar-refractivity contribution in [1.29, 1.82) is 0 Å². The van der Waals surface area contributed by atoms with Gasteiger partial charge in [-0.3, -0.25) is 4.79 Å². The summed E-state index contributed by atoms with van der Waals surface area (Å²) in [5, 5.41) is 12.6. The lowest BCUT2D eigenvalue weighted by molar-refractivity contribution is -0.115. The summed E-state index contributed by atoms with van der Waals surface area (Å²) in [6, 6.07) is 14.6. The molecule has 1 fully saturated rings. The highest BCUT2D eigenvalue weighted by atomic mass is 16.5. The second-order valence-corrected chi connectivity index (χ2v) is 6.01. The molecule has 2 aromatic rings. The number of carbonyl (C=O) groups is 1. The molecule has 0 saturated heterocycles. The molecule has 1 aliphatic rings. The number of benzene rings is 2. The maximum Gasteiger partial charge on any atom is 0.228 e. The smallest absolute Gasteiger partial charge is 0.228 e. The zero-order valence-corrected chi connectivity index (χ0v) is 13.0. The molecule has 2 N–H and O–H groups in total. The normalized spacial score (nSPS) is 13.7. The average molecular weight is 311 g/mol. The summed E-state index contributed by atoms with van der Waals surface area (Å²) < 4.78 is 5.67. The van der Waals surface area contributed by atoms with Crippen molar-refractivity contribution in [1.82, 2.24) is 0 Å². The molecule has 2 aromatic carbocycles. The number of para-hydroxylation sites is 1. The van der Waals surface area contributed by atoms with Crippen molar-refractivity contribution in [3.05, 3.63) is 59.7 Å². The monoisotopic (exact) mass is 311 g/mol. The Hall–Kier alpha value is -2.33. The summed E-state index contributed by atoms with van der Waals surface area (Å²) in [7, 11) is 0. The fourth-order valence-corrected chi connectivity index (χ4v) is 2.41. The molecule has 4 heteroatoms. The number of phenols is 1. The lowest BCUT2D eigenvalue weighted by Crippen LogP contribution is -2.14. The van der Waals surface area contributed by atoms with Crippen molar-refractivity contribution in [3.8, 4) is 5.75 Å². The van der Waals surface area contributed by atoms with Gasteiger partial charge in [0.2, 0.25) is 5.91 Å².